The van der Waals surface area contributed by atoms with Gasteiger partial charge in [-0.3, -0.25) is 4.68 Å². The number of rotatable bonds is 3. The maximum atomic E-state index is 4.25. The first kappa shape index (κ1) is 8.56. The molecule has 0 unspecified atom stereocenters. The maximum absolute atomic E-state index is 4.25. The molecule has 2 N–H and O–H groups in total. The van der Waals surface area contributed by atoms with E-state index in [0.29, 0.717) is 6.04 Å². The summed E-state index contributed by atoms with van der Waals surface area (Å²) in [5, 5.41) is 11.0. The lowest BCUT2D eigenvalue weighted by Gasteiger charge is -2.10. The molecule has 0 bridgehead atoms. The van der Waals surface area contributed by atoms with Crippen LogP contribution < -0.4 is 10.6 Å². The lowest BCUT2D eigenvalue weighted by Crippen LogP contribution is -2.29. The van der Waals surface area contributed by atoms with Crippen molar-refractivity contribution in [1.82, 2.24) is 15.1 Å². The van der Waals surface area contributed by atoms with Gasteiger partial charge in [-0.2, -0.15) is 5.10 Å². The third-order valence-corrected chi connectivity index (χ3v) is 2.41. The third-order valence-electron chi connectivity index (χ3n) is 2.41. The van der Waals surface area contributed by atoms with Crippen LogP contribution in [0.3, 0.4) is 0 Å². The van der Waals surface area contributed by atoms with E-state index in [1.807, 2.05) is 24.0 Å². The lowest BCUT2D eigenvalue weighted by atomic mass is 10.2. The zero-order chi connectivity index (χ0) is 9.10. The van der Waals surface area contributed by atoms with Gasteiger partial charge in [0.05, 0.1) is 0 Å². The summed E-state index contributed by atoms with van der Waals surface area (Å²) in [6.45, 7) is 2.14. The topological polar surface area (TPSA) is 41.9 Å². The van der Waals surface area contributed by atoms with Gasteiger partial charge in [-0.1, -0.05) is 0 Å². The van der Waals surface area contributed by atoms with Crippen molar-refractivity contribution < 1.29 is 0 Å². The first-order valence-electron chi connectivity index (χ1n) is 4.81. The van der Waals surface area contributed by atoms with E-state index >= 15 is 0 Å². The molecule has 4 nitrogen and oxygen atoms in total. The Hall–Kier alpha value is -1.03. The van der Waals surface area contributed by atoms with Crippen LogP contribution >= 0.6 is 0 Å². The quantitative estimate of drug-likeness (QED) is 0.715. The molecule has 0 amide bonds. The van der Waals surface area contributed by atoms with E-state index in [0.717, 1.165) is 18.9 Å². The molecule has 2 rings (SSSR count). The standard InChI is InChI=1S/C9H16N4/c1-13-6-4-9(12-13)11-7-8-3-2-5-10-8/h4,6,8,10H,2-3,5,7H2,1H3,(H,11,12)/t8-/m0/s1. The number of hydrogen-bond donors (Lipinski definition) is 2. The second-order valence-corrected chi connectivity index (χ2v) is 3.55. The molecular formula is C9H16N4. The van der Waals surface area contributed by atoms with E-state index in [2.05, 4.69) is 15.7 Å². The molecule has 1 aliphatic heterocycles. The summed E-state index contributed by atoms with van der Waals surface area (Å²) in [4.78, 5) is 0. The molecule has 1 aliphatic rings. The molecule has 1 saturated heterocycles. The highest BCUT2D eigenvalue weighted by Crippen LogP contribution is 2.06. The van der Waals surface area contributed by atoms with Crippen molar-refractivity contribution in [2.45, 2.75) is 18.9 Å². The van der Waals surface area contributed by atoms with Gasteiger partial charge in [-0.25, -0.2) is 0 Å². The fourth-order valence-electron chi connectivity index (χ4n) is 1.67. The minimum Gasteiger partial charge on any atom is -0.367 e. The molecule has 1 atom stereocenters. The number of aromatic nitrogens is 2. The van der Waals surface area contributed by atoms with Gasteiger partial charge >= 0.3 is 0 Å². The van der Waals surface area contributed by atoms with Crippen molar-refractivity contribution in [3.05, 3.63) is 12.3 Å². The zero-order valence-electron chi connectivity index (χ0n) is 7.95. The van der Waals surface area contributed by atoms with Gasteiger partial charge < -0.3 is 10.6 Å². The van der Waals surface area contributed by atoms with E-state index in [4.69, 9.17) is 0 Å². The van der Waals surface area contributed by atoms with Crippen molar-refractivity contribution in [3.8, 4) is 0 Å². The van der Waals surface area contributed by atoms with Crippen LogP contribution in [0, 0.1) is 0 Å². The van der Waals surface area contributed by atoms with Crippen molar-refractivity contribution in [2.75, 3.05) is 18.4 Å². The van der Waals surface area contributed by atoms with Crippen LogP contribution in [0.4, 0.5) is 5.82 Å². The molecule has 0 spiro atoms. The molecule has 0 radical (unpaired) electrons. The molecule has 72 valence electrons. The van der Waals surface area contributed by atoms with Gasteiger partial charge in [0.1, 0.15) is 5.82 Å². The predicted octanol–water partition coefficient (Wildman–Crippen LogP) is 0.584. The van der Waals surface area contributed by atoms with Crippen molar-refractivity contribution in [2.24, 2.45) is 7.05 Å². The highest BCUT2D eigenvalue weighted by Gasteiger charge is 2.13. The third kappa shape index (κ3) is 2.21. The fraction of sp³-hybridized carbons (Fsp3) is 0.667. The normalized spacial score (nSPS) is 22.1. The van der Waals surface area contributed by atoms with E-state index in [9.17, 15) is 0 Å². The first-order chi connectivity index (χ1) is 6.34. The monoisotopic (exact) mass is 180 g/mol. The molecule has 13 heavy (non-hydrogen) atoms. The summed E-state index contributed by atoms with van der Waals surface area (Å²) in [5.74, 6) is 0.969. The number of anilines is 1. The Morgan fingerprint density at radius 2 is 2.69 bits per heavy atom. The van der Waals surface area contributed by atoms with Crippen LogP contribution in [0.1, 0.15) is 12.8 Å². The SMILES string of the molecule is Cn1ccc(NC[C@@H]2CCCN2)n1. The summed E-state index contributed by atoms with van der Waals surface area (Å²) in [6.07, 6.45) is 4.53. The molecule has 4 heteroatoms. The van der Waals surface area contributed by atoms with Gasteiger partial charge in [-0.15, -0.1) is 0 Å². The highest BCUT2D eigenvalue weighted by atomic mass is 15.3. The molecule has 1 aromatic rings. The van der Waals surface area contributed by atoms with Gasteiger partial charge in [-0.05, 0) is 19.4 Å². The number of nitrogens with one attached hydrogen (secondary N) is 2. The average Bonchev–Trinajstić information content (AvgIpc) is 2.71. The van der Waals surface area contributed by atoms with Crippen LogP contribution in [0.15, 0.2) is 12.3 Å². The molecule has 0 aromatic carbocycles. The van der Waals surface area contributed by atoms with Gasteiger partial charge in [0.25, 0.3) is 0 Å². The van der Waals surface area contributed by atoms with E-state index in [1.54, 1.807) is 0 Å². The second kappa shape index (κ2) is 3.79. The Labute approximate surface area is 78.3 Å². The fourth-order valence-corrected chi connectivity index (χ4v) is 1.67. The average molecular weight is 180 g/mol. The highest BCUT2D eigenvalue weighted by molar-refractivity contribution is 5.32. The predicted molar refractivity (Wildman–Crippen MR) is 52.7 cm³/mol. The largest absolute Gasteiger partial charge is 0.367 e. The molecule has 1 fully saturated rings. The van der Waals surface area contributed by atoms with E-state index in [-0.39, 0.29) is 0 Å². The van der Waals surface area contributed by atoms with Gasteiger partial charge in [0, 0.05) is 31.9 Å². The Bertz CT molecular complexity index is 262. The summed E-state index contributed by atoms with van der Waals surface area (Å²) in [6, 6.07) is 2.62. The Balaban J connectivity index is 1.78. The number of aryl methyl sites for hydroxylation is 1. The Morgan fingerprint density at radius 3 is 3.31 bits per heavy atom. The van der Waals surface area contributed by atoms with Crippen molar-refractivity contribution in [3.63, 3.8) is 0 Å². The lowest BCUT2D eigenvalue weighted by molar-refractivity contribution is 0.631. The summed E-state index contributed by atoms with van der Waals surface area (Å²) in [7, 11) is 1.93. The second-order valence-electron chi connectivity index (χ2n) is 3.55. The van der Waals surface area contributed by atoms with Gasteiger partial charge in [0.2, 0.25) is 0 Å². The number of hydrogen-bond acceptors (Lipinski definition) is 3. The van der Waals surface area contributed by atoms with E-state index < -0.39 is 0 Å². The molecular weight excluding hydrogens is 164 g/mol. The smallest absolute Gasteiger partial charge is 0.148 e. The molecule has 1 aromatic heterocycles. The first-order valence-corrected chi connectivity index (χ1v) is 4.81. The van der Waals surface area contributed by atoms with E-state index in [1.165, 1.54) is 12.8 Å². The summed E-state index contributed by atoms with van der Waals surface area (Å²) in [5.41, 5.74) is 0. The van der Waals surface area contributed by atoms with Gasteiger partial charge in [0.15, 0.2) is 0 Å². The number of nitrogens with zero attached hydrogens (tertiary/aromatic N) is 2. The zero-order valence-corrected chi connectivity index (χ0v) is 7.95. The van der Waals surface area contributed by atoms with Crippen LogP contribution in [-0.2, 0) is 7.05 Å². The Morgan fingerprint density at radius 1 is 1.77 bits per heavy atom. The molecule has 2 heterocycles. The van der Waals surface area contributed by atoms with Crippen LogP contribution in [0.2, 0.25) is 0 Å². The van der Waals surface area contributed by atoms with Crippen molar-refractivity contribution >= 4 is 5.82 Å². The minimum absolute atomic E-state index is 0.627. The molecule has 0 aliphatic carbocycles. The molecule has 0 saturated carbocycles. The minimum atomic E-state index is 0.627. The summed E-state index contributed by atoms with van der Waals surface area (Å²) >= 11 is 0. The van der Waals surface area contributed by atoms with Crippen LogP contribution in [0.5, 0.6) is 0 Å². The summed E-state index contributed by atoms with van der Waals surface area (Å²) < 4.78 is 1.81. The van der Waals surface area contributed by atoms with Crippen LogP contribution in [0.25, 0.3) is 0 Å². The van der Waals surface area contributed by atoms with Crippen LogP contribution in [-0.4, -0.2) is 28.9 Å². The maximum Gasteiger partial charge on any atom is 0.148 e. The van der Waals surface area contributed by atoms with Crippen molar-refractivity contribution in [1.29, 1.82) is 0 Å². The Kier molecular flexibility index (Phi) is 2.49.